The van der Waals surface area contributed by atoms with E-state index in [9.17, 15) is 4.79 Å². The van der Waals surface area contributed by atoms with Crippen LogP contribution in [-0.4, -0.2) is 31.2 Å². The predicted octanol–water partition coefficient (Wildman–Crippen LogP) is 4.83. The third kappa shape index (κ3) is 5.50. The zero-order valence-corrected chi connectivity index (χ0v) is 15.9. The molecular weight excluding hydrogens is 310 g/mol. The normalized spacial score (nSPS) is 11.5. The van der Waals surface area contributed by atoms with Gasteiger partial charge in [0.2, 0.25) is 5.91 Å². The summed E-state index contributed by atoms with van der Waals surface area (Å²) < 4.78 is 1.36. The van der Waals surface area contributed by atoms with Gasteiger partial charge in [0, 0.05) is 33.8 Å². The van der Waals surface area contributed by atoms with Gasteiger partial charge >= 0.3 is 0 Å². The van der Waals surface area contributed by atoms with Crippen LogP contribution in [0.15, 0.2) is 41.1 Å². The molecule has 4 heteroatoms. The van der Waals surface area contributed by atoms with Crippen LogP contribution in [0.4, 0.5) is 0 Å². The number of allylic oxidation sites excluding steroid dienone is 1. The fourth-order valence-electron chi connectivity index (χ4n) is 2.07. The number of thiophene rings is 1. The van der Waals surface area contributed by atoms with E-state index in [1.54, 1.807) is 13.0 Å². The molecule has 0 fully saturated rings. The number of hydrogen-bond donors (Lipinski definition) is 1. The van der Waals surface area contributed by atoms with E-state index in [1.807, 2.05) is 18.3 Å². The number of benzene rings is 1. The molecule has 0 atom stereocenters. The molecule has 0 aliphatic rings. The molecule has 1 aromatic carbocycles. The maximum atomic E-state index is 10.9. The Hall–Kier alpha value is -1.26. The Morgan fingerprint density at radius 3 is 2.55 bits per heavy atom. The Kier molecular flexibility index (Phi) is 7.17. The number of fused-ring (bicyclic) bond motifs is 1. The van der Waals surface area contributed by atoms with Crippen LogP contribution in [0.1, 0.15) is 19.4 Å². The number of hydrogen-bond acceptors (Lipinski definition) is 2. The van der Waals surface area contributed by atoms with Crippen LogP contribution in [0.2, 0.25) is 0 Å². The molecule has 0 radical (unpaired) electrons. The quantitative estimate of drug-likeness (QED) is 0.796. The summed E-state index contributed by atoms with van der Waals surface area (Å²) >= 11 is 1.83. The molecule has 0 saturated carbocycles. The minimum Gasteiger partial charge on any atom is -0.356 e. The van der Waals surface area contributed by atoms with E-state index in [0.29, 0.717) is 6.54 Å². The Bertz CT molecular complexity index is 638. The van der Waals surface area contributed by atoms with Crippen molar-refractivity contribution in [3.63, 3.8) is 0 Å². The lowest BCUT2D eigenvalue weighted by atomic mass is 10.1. The Morgan fingerprint density at radius 1 is 1.36 bits per heavy atom. The summed E-state index contributed by atoms with van der Waals surface area (Å²) in [7, 11) is -0.696. The van der Waals surface area contributed by atoms with Crippen LogP contribution >= 0.6 is 21.4 Å². The lowest BCUT2D eigenvalue weighted by Crippen LogP contribution is -2.22. The van der Waals surface area contributed by atoms with Gasteiger partial charge in [-0.15, -0.1) is 17.9 Å². The molecule has 1 aromatic heterocycles. The van der Waals surface area contributed by atoms with Crippen LogP contribution in [0.3, 0.4) is 0 Å². The van der Waals surface area contributed by atoms with E-state index in [-0.39, 0.29) is 5.91 Å². The van der Waals surface area contributed by atoms with Crippen molar-refractivity contribution in [2.75, 3.05) is 25.3 Å². The SMILES string of the molecule is C=CC.CC(=O)NCCc1ccc2scc(S(C)(C)C)c2c1. The van der Waals surface area contributed by atoms with Crippen LogP contribution in [0.25, 0.3) is 10.1 Å². The van der Waals surface area contributed by atoms with Crippen molar-refractivity contribution in [1.29, 1.82) is 0 Å². The van der Waals surface area contributed by atoms with Gasteiger partial charge in [-0.3, -0.25) is 4.79 Å². The molecule has 2 nitrogen and oxygen atoms in total. The summed E-state index contributed by atoms with van der Waals surface area (Å²) in [6, 6.07) is 6.67. The number of carbonyl (C=O) groups is 1. The molecule has 1 N–H and O–H groups in total. The molecule has 2 aromatic rings. The van der Waals surface area contributed by atoms with Gasteiger partial charge in [0.15, 0.2) is 0 Å². The van der Waals surface area contributed by atoms with Crippen molar-refractivity contribution in [3.8, 4) is 0 Å². The Labute approximate surface area is 139 Å². The molecule has 0 saturated heterocycles. The maximum Gasteiger partial charge on any atom is 0.216 e. The average Bonchev–Trinajstić information content (AvgIpc) is 2.82. The van der Waals surface area contributed by atoms with E-state index in [4.69, 9.17) is 0 Å². The molecule has 0 spiro atoms. The van der Waals surface area contributed by atoms with Crippen LogP contribution in [0, 0.1) is 0 Å². The number of amides is 1. The Balaban J connectivity index is 0.000000745. The first-order chi connectivity index (χ1) is 10.3. The highest BCUT2D eigenvalue weighted by molar-refractivity contribution is 8.32. The average molecular weight is 338 g/mol. The zero-order valence-electron chi connectivity index (χ0n) is 14.2. The second-order valence-electron chi connectivity index (χ2n) is 5.91. The molecule has 0 aliphatic heterocycles. The first-order valence-corrected chi connectivity index (χ1v) is 11.0. The van der Waals surface area contributed by atoms with E-state index in [2.05, 4.69) is 54.2 Å². The summed E-state index contributed by atoms with van der Waals surface area (Å²) in [5.74, 6) is 0.0384. The minimum atomic E-state index is -0.696. The predicted molar refractivity (Wildman–Crippen MR) is 104 cm³/mol. The fourth-order valence-corrected chi connectivity index (χ4v) is 5.06. The van der Waals surface area contributed by atoms with Gasteiger partial charge in [0.25, 0.3) is 0 Å². The molecule has 0 bridgehead atoms. The molecule has 122 valence electrons. The largest absolute Gasteiger partial charge is 0.356 e. The van der Waals surface area contributed by atoms with Gasteiger partial charge in [0.1, 0.15) is 0 Å². The van der Waals surface area contributed by atoms with Gasteiger partial charge in [-0.1, -0.05) is 12.1 Å². The summed E-state index contributed by atoms with van der Waals surface area (Å²) in [6.45, 7) is 7.52. The third-order valence-electron chi connectivity index (χ3n) is 3.05. The van der Waals surface area contributed by atoms with Crippen molar-refractivity contribution in [1.82, 2.24) is 5.32 Å². The molecule has 2 rings (SSSR count). The third-order valence-corrected chi connectivity index (χ3v) is 5.82. The number of carbonyl (C=O) groups excluding carboxylic acids is 1. The molecule has 22 heavy (non-hydrogen) atoms. The van der Waals surface area contributed by atoms with Crippen molar-refractivity contribution in [2.24, 2.45) is 0 Å². The number of nitrogens with one attached hydrogen (secondary N) is 1. The smallest absolute Gasteiger partial charge is 0.216 e. The summed E-state index contributed by atoms with van der Waals surface area (Å²) in [5.41, 5.74) is 1.30. The highest BCUT2D eigenvalue weighted by atomic mass is 32.3. The number of rotatable bonds is 4. The highest BCUT2D eigenvalue weighted by Crippen LogP contribution is 2.50. The summed E-state index contributed by atoms with van der Waals surface area (Å²) in [4.78, 5) is 12.4. The second-order valence-corrected chi connectivity index (χ2v) is 10.9. The van der Waals surface area contributed by atoms with Gasteiger partial charge in [-0.25, -0.2) is 10.0 Å². The van der Waals surface area contributed by atoms with E-state index in [1.165, 1.54) is 20.5 Å². The highest BCUT2D eigenvalue weighted by Gasteiger charge is 2.14. The molecule has 0 aliphatic carbocycles. The van der Waals surface area contributed by atoms with Gasteiger partial charge in [-0.2, -0.15) is 0 Å². The van der Waals surface area contributed by atoms with Gasteiger partial charge in [-0.05, 0) is 49.8 Å². The zero-order chi connectivity index (χ0) is 16.8. The van der Waals surface area contributed by atoms with Crippen molar-refractivity contribution in [3.05, 3.63) is 41.8 Å². The van der Waals surface area contributed by atoms with Gasteiger partial charge in [0.05, 0.1) is 0 Å². The van der Waals surface area contributed by atoms with Crippen LogP contribution in [0.5, 0.6) is 0 Å². The standard InChI is InChI=1S/C15H21NOS2.C3H6/c1-11(17)16-8-7-12-5-6-14-13(9-12)15(10-18-14)19(2,3)4;1-3-2/h5-6,9-10H,7-8H2,1-4H3,(H,16,17);3H,1H2,2H3. The van der Waals surface area contributed by atoms with Crippen molar-refractivity contribution in [2.45, 2.75) is 25.2 Å². The van der Waals surface area contributed by atoms with Crippen LogP contribution < -0.4 is 5.32 Å². The molecule has 1 heterocycles. The van der Waals surface area contributed by atoms with Crippen LogP contribution in [-0.2, 0) is 11.2 Å². The fraction of sp³-hybridized carbons (Fsp3) is 0.389. The Morgan fingerprint density at radius 2 is 2.00 bits per heavy atom. The molecule has 0 unspecified atom stereocenters. The summed E-state index contributed by atoms with van der Waals surface area (Å²) in [5, 5.41) is 6.55. The molecular formula is C18H27NOS2. The van der Waals surface area contributed by atoms with Gasteiger partial charge < -0.3 is 5.32 Å². The first kappa shape index (κ1) is 18.8. The topological polar surface area (TPSA) is 29.1 Å². The van der Waals surface area contributed by atoms with Crippen molar-refractivity contribution < 1.29 is 4.79 Å². The lowest BCUT2D eigenvalue weighted by molar-refractivity contribution is -0.118. The first-order valence-electron chi connectivity index (χ1n) is 7.29. The summed E-state index contributed by atoms with van der Waals surface area (Å²) in [6.07, 6.45) is 9.64. The van der Waals surface area contributed by atoms with E-state index >= 15 is 0 Å². The van der Waals surface area contributed by atoms with Crippen molar-refractivity contribution >= 4 is 37.4 Å². The van der Waals surface area contributed by atoms with E-state index in [0.717, 1.165) is 6.42 Å². The van der Waals surface area contributed by atoms with E-state index < -0.39 is 10.0 Å². The minimum absolute atomic E-state index is 0.0384. The molecule has 1 amide bonds. The second kappa shape index (κ2) is 8.39. The maximum absolute atomic E-state index is 10.9. The monoisotopic (exact) mass is 337 g/mol. The lowest BCUT2D eigenvalue weighted by Gasteiger charge is -2.24.